The number of nitrogens with zero attached hydrogens (tertiary/aromatic N) is 1. The monoisotopic (exact) mass is 281 g/mol. The molecule has 2 rings (SSSR count). The first-order valence-electron chi connectivity index (χ1n) is 5.22. The molecule has 0 saturated carbocycles. The minimum absolute atomic E-state index is 0.0794. The van der Waals surface area contributed by atoms with E-state index in [1.54, 1.807) is 0 Å². The van der Waals surface area contributed by atoms with Gasteiger partial charge in [-0.3, -0.25) is 19.7 Å². The van der Waals surface area contributed by atoms with Crippen LogP contribution in [0.5, 0.6) is 0 Å². The average molecular weight is 282 g/mol. The summed E-state index contributed by atoms with van der Waals surface area (Å²) in [5.41, 5.74) is 7.31. The first-order valence-corrected chi connectivity index (χ1v) is 5.60. The molecule has 1 heterocycles. The Kier molecular flexibility index (Phi) is 3.52. The highest BCUT2D eigenvalue weighted by Gasteiger charge is 2.14. The third-order valence-electron chi connectivity index (χ3n) is 2.40. The first-order chi connectivity index (χ1) is 8.99. The molecule has 0 bridgehead atoms. The molecule has 0 spiro atoms. The molecule has 0 atom stereocenters. The number of carbonyl (C=O) groups excluding carboxylic acids is 2. The number of primary amides is 1. The Morgan fingerprint density at radius 2 is 2.05 bits per heavy atom. The molecule has 0 aliphatic heterocycles. The minimum atomic E-state index is -0.737. The van der Waals surface area contributed by atoms with Gasteiger partial charge in [-0.25, -0.2) is 4.39 Å². The number of aromatic nitrogens is 1. The standard InChI is InChI=1S/C12H9ClFN3O2/c13-7-3-4-9(14)8(6-7)12(19)16-17-5-1-2-10(17)11(15)18/h1-6H,(H2,15,18)(H,16,19). The third-order valence-corrected chi connectivity index (χ3v) is 2.63. The Morgan fingerprint density at radius 3 is 2.74 bits per heavy atom. The van der Waals surface area contributed by atoms with Crippen molar-refractivity contribution in [2.45, 2.75) is 0 Å². The van der Waals surface area contributed by atoms with Gasteiger partial charge in [-0.2, -0.15) is 0 Å². The summed E-state index contributed by atoms with van der Waals surface area (Å²) in [6, 6.07) is 6.56. The van der Waals surface area contributed by atoms with E-state index in [4.69, 9.17) is 17.3 Å². The van der Waals surface area contributed by atoms with E-state index in [9.17, 15) is 14.0 Å². The van der Waals surface area contributed by atoms with Gasteiger partial charge in [-0.05, 0) is 30.3 Å². The van der Waals surface area contributed by atoms with Crippen LogP contribution in [-0.4, -0.2) is 16.5 Å². The van der Waals surface area contributed by atoms with Crippen LogP contribution in [0, 0.1) is 5.82 Å². The van der Waals surface area contributed by atoms with Crippen molar-refractivity contribution in [2.24, 2.45) is 5.73 Å². The SMILES string of the molecule is NC(=O)c1cccn1NC(=O)c1cc(Cl)ccc1F. The van der Waals surface area contributed by atoms with Crippen LogP contribution in [0.15, 0.2) is 36.5 Å². The zero-order valence-electron chi connectivity index (χ0n) is 9.56. The molecule has 0 aliphatic carbocycles. The fourth-order valence-corrected chi connectivity index (χ4v) is 1.69. The summed E-state index contributed by atoms with van der Waals surface area (Å²) in [6.07, 6.45) is 1.42. The molecule has 1 aromatic heterocycles. The molecule has 2 amide bonds. The molecular weight excluding hydrogens is 273 g/mol. The van der Waals surface area contributed by atoms with Crippen LogP contribution in [0.2, 0.25) is 5.02 Å². The lowest BCUT2D eigenvalue weighted by Gasteiger charge is -2.09. The van der Waals surface area contributed by atoms with Crippen molar-refractivity contribution in [3.05, 3.63) is 58.6 Å². The van der Waals surface area contributed by atoms with Crippen molar-refractivity contribution in [2.75, 3.05) is 5.43 Å². The molecule has 1 aromatic carbocycles. The second kappa shape index (κ2) is 5.11. The maximum atomic E-state index is 13.5. The first kappa shape index (κ1) is 13.1. The molecule has 0 fully saturated rings. The van der Waals surface area contributed by atoms with Crippen LogP contribution in [0.4, 0.5) is 4.39 Å². The number of carbonyl (C=O) groups is 2. The molecule has 19 heavy (non-hydrogen) atoms. The Labute approximate surface area is 112 Å². The summed E-state index contributed by atoms with van der Waals surface area (Å²) in [7, 11) is 0. The van der Waals surface area contributed by atoms with Crippen LogP contribution in [-0.2, 0) is 0 Å². The van der Waals surface area contributed by atoms with Crippen LogP contribution >= 0.6 is 11.6 Å². The zero-order chi connectivity index (χ0) is 14.0. The van der Waals surface area contributed by atoms with Crippen LogP contribution < -0.4 is 11.2 Å². The topological polar surface area (TPSA) is 77.1 Å². The fourth-order valence-electron chi connectivity index (χ4n) is 1.52. The molecule has 0 saturated heterocycles. The summed E-state index contributed by atoms with van der Waals surface area (Å²) in [5.74, 6) is -2.16. The molecule has 0 unspecified atom stereocenters. The van der Waals surface area contributed by atoms with E-state index in [0.717, 1.165) is 10.7 Å². The maximum Gasteiger partial charge on any atom is 0.273 e. The second-order valence-electron chi connectivity index (χ2n) is 3.69. The highest BCUT2D eigenvalue weighted by atomic mass is 35.5. The fraction of sp³-hybridized carbons (Fsp3) is 0. The predicted molar refractivity (Wildman–Crippen MR) is 68.1 cm³/mol. The predicted octanol–water partition coefficient (Wildman–Crippen LogP) is 1.76. The Bertz CT molecular complexity index is 654. The summed E-state index contributed by atoms with van der Waals surface area (Å²) >= 11 is 5.70. The van der Waals surface area contributed by atoms with E-state index in [0.29, 0.717) is 0 Å². The molecule has 3 N–H and O–H groups in total. The average Bonchev–Trinajstić information content (AvgIpc) is 2.80. The lowest BCUT2D eigenvalue weighted by Crippen LogP contribution is -2.28. The summed E-state index contributed by atoms with van der Waals surface area (Å²) in [5, 5.41) is 0.231. The molecule has 5 nitrogen and oxygen atoms in total. The minimum Gasteiger partial charge on any atom is -0.364 e. The van der Waals surface area contributed by atoms with Crippen LogP contribution in [0.1, 0.15) is 20.8 Å². The van der Waals surface area contributed by atoms with Crippen molar-refractivity contribution >= 4 is 23.4 Å². The second-order valence-corrected chi connectivity index (χ2v) is 4.13. The van der Waals surface area contributed by atoms with Gasteiger partial charge in [-0.15, -0.1) is 0 Å². The Hall–Kier alpha value is -2.34. The van der Waals surface area contributed by atoms with Crippen LogP contribution in [0.3, 0.4) is 0 Å². The largest absolute Gasteiger partial charge is 0.364 e. The van der Waals surface area contributed by atoms with Crippen LogP contribution in [0.25, 0.3) is 0 Å². The van der Waals surface area contributed by atoms with Gasteiger partial charge in [0.05, 0.1) is 5.56 Å². The Morgan fingerprint density at radius 1 is 1.32 bits per heavy atom. The van der Waals surface area contributed by atoms with Crippen molar-refractivity contribution in [1.29, 1.82) is 0 Å². The number of halogens is 2. The number of nitrogens with two attached hydrogens (primary N) is 1. The van der Waals surface area contributed by atoms with Gasteiger partial charge in [-0.1, -0.05) is 11.6 Å². The van der Waals surface area contributed by atoms with Crippen molar-refractivity contribution in [3.63, 3.8) is 0 Å². The molecule has 0 aliphatic rings. The third kappa shape index (κ3) is 2.74. The normalized spacial score (nSPS) is 10.2. The van der Waals surface area contributed by atoms with Gasteiger partial charge in [0, 0.05) is 11.2 Å². The Balaban J connectivity index is 2.28. The van der Waals surface area contributed by atoms with E-state index in [1.807, 2.05) is 0 Å². The van der Waals surface area contributed by atoms with Crippen molar-refractivity contribution < 1.29 is 14.0 Å². The number of nitrogens with one attached hydrogen (secondary N) is 1. The molecule has 2 aromatic rings. The number of amides is 2. The summed E-state index contributed by atoms with van der Waals surface area (Å²) in [6.45, 7) is 0. The quantitative estimate of drug-likeness (QED) is 0.899. The summed E-state index contributed by atoms with van der Waals surface area (Å²) in [4.78, 5) is 23.0. The van der Waals surface area contributed by atoms with Gasteiger partial charge in [0.1, 0.15) is 11.5 Å². The van der Waals surface area contributed by atoms with E-state index >= 15 is 0 Å². The molecule has 98 valence electrons. The van der Waals surface area contributed by atoms with E-state index in [1.165, 1.54) is 30.5 Å². The van der Waals surface area contributed by atoms with Gasteiger partial charge < -0.3 is 5.73 Å². The zero-order valence-corrected chi connectivity index (χ0v) is 10.3. The number of hydrogen-bond donors (Lipinski definition) is 2. The van der Waals surface area contributed by atoms with Crippen molar-refractivity contribution in [1.82, 2.24) is 4.68 Å². The van der Waals surface area contributed by atoms with Gasteiger partial charge in [0.15, 0.2) is 0 Å². The lowest BCUT2D eigenvalue weighted by molar-refractivity contribution is 0.0987. The molecular formula is C12H9ClFN3O2. The molecule has 7 heteroatoms. The van der Waals surface area contributed by atoms with Crippen molar-refractivity contribution in [3.8, 4) is 0 Å². The van der Waals surface area contributed by atoms with E-state index in [2.05, 4.69) is 5.43 Å². The van der Waals surface area contributed by atoms with Gasteiger partial charge in [0.25, 0.3) is 11.8 Å². The molecule has 0 radical (unpaired) electrons. The number of benzene rings is 1. The maximum absolute atomic E-state index is 13.5. The smallest absolute Gasteiger partial charge is 0.273 e. The summed E-state index contributed by atoms with van der Waals surface area (Å²) < 4.78 is 14.6. The van der Waals surface area contributed by atoms with E-state index in [-0.39, 0.29) is 16.3 Å². The highest BCUT2D eigenvalue weighted by molar-refractivity contribution is 6.31. The van der Waals surface area contributed by atoms with Gasteiger partial charge >= 0.3 is 0 Å². The highest BCUT2D eigenvalue weighted by Crippen LogP contribution is 2.15. The number of rotatable bonds is 3. The van der Waals surface area contributed by atoms with E-state index < -0.39 is 17.6 Å². The lowest BCUT2D eigenvalue weighted by atomic mass is 10.2. The van der Waals surface area contributed by atoms with Gasteiger partial charge in [0.2, 0.25) is 0 Å². The number of hydrogen-bond acceptors (Lipinski definition) is 2.